The molecule has 2 aliphatic heterocycles. The molecule has 2 bridgehead atoms. The fourth-order valence-corrected chi connectivity index (χ4v) is 15.7. The molecule has 13 N–H and O–H groups in total. The molecule has 19 nitrogen and oxygen atoms in total. The molecule has 19 heteroatoms. The molecule has 2 fully saturated rings. The minimum absolute atomic E-state index is 0.0334. The quantitative estimate of drug-likeness (QED) is 0.0154. The minimum atomic E-state index is -1.27. The van der Waals surface area contributed by atoms with Crippen LogP contribution in [0.15, 0.2) is 85.1 Å². The first kappa shape index (κ1) is 160. The summed E-state index contributed by atoms with van der Waals surface area (Å²) in [5.74, 6) is 4.20. The first-order chi connectivity index (χ1) is 69.6. The predicted molar refractivity (Wildman–Crippen MR) is 646 cm³/mol. The average molecular weight is 2110 g/mol. The zero-order chi connectivity index (χ0) is 119. The molecule has 2 heterocycles. The Kier molecular flexibility index (Phi) is 121. The van der Waals surface area contributed by atoms with Crippen LogP contribution in [0.5, 0.6) is 0 Å². The summed E-state index contributed by atoms with van der Waals surface area (Å²) in [7, 11) is 4.15. The Bertz CT molecular complexity index is 3190. The number of hydrogen-bond acceptors (Lipinski definition) is 12. The molecule has 148 heavy (non-hydrogen) atoms. The lowest BCUT2D eigenvalue weighted by molar-refractivity contribution is -0.144. The second kappa shape index (κ2) is 112. The molecule has 0 amide bonds. The Balaban J connectivity index is -0.000000157. The van der Waals surface area contributed by atoms with Gasteiger partial charge in [-0.2, -0.15) is 0 Å². The van der Waals surface area contributed by atoms with Crippen molar-refractivity contribution in [1.29, 1.82) is 0 Å². The van der Waals surface area contributed by atoms with Crippen LogP contribution in [0.1, 0.15) is 535 Å². The SMILES string of the molecule is CC(C)/C=C/C(=O)O.CC(C)/C=C\C(=O)O.CC(C)C.CC(C)C(C)(C)CCC(=O)O.CC(C)C1C2C=CC(O2)C1C(=O)O.CC(C)CC(CN)CC(C)C.CC(C)CC1(CN)CCCCC1.CC(C)CCC(=O)O.CC(C)CCCC(=O)O.CC(C)CN.CC(C)N(C)C.CCC(CC)(CCC(=O)O)C(C)C.CCCCC/C=C\C/C=C\CCCCCCCC(C)C.[2H]C([2H])(/C=C\CCCCC)/C=C\CCCCCCCC(C)C. The molecule has 1 saturated heterocycles. The van der Waals surface area contributed by atoms with Crippen LogP contribution < -0.4 is 17.2 Å². The van der Waals surface area contributed by atoms with E-state index in [1.54, 1.807) is 24.3 Å². The summed E-state index contributed by atoms with van der Waals surface area (Å²) in [5, 5.41) is 58.7. The Morgan fingerprint density at radius 2 is 0.757 bits per heavy atom. The van der Waals surface area contributed by atoms with Crippen LogP contribution in [0.3, 0.4) is 0 Å². The monoisotopic (exact) mass is 2100 g/mol. The van der Waals surface area contributed by atoms with Crippen molar-refractivity contribution in [1.82, 2.24) is 4.90 Å². The summed E-state index contributed by atoms with van der Waals surface area (Å²) in [4.78, 5) is 73.4. The normalized spacial score (nSPS) is 15.3. The molecule has 1 aliphatic carbocycles. The first-order valence-corrected chi connectivity index (χ1v) is 59.3. The highest BCUT2D eigenvalue weighted by molar-refractivity contribution is 5.80. The molecule has 0 spiro atoms. The van der Waals surface area contributed by atoms with Crippen LogP contribution in [0, 0.1) is 117 Å². The minimum Gasteiger partial charge on any atom is -0.481 e. The van der Waals surface area contributed by atoms with Crippen molar-refractivity contribution in [3.8, 4) is 0 Å². The van der Waals surface area contributed by atoms with Gasteiger partial charge in [-0.15, -0.1) is 0 Å². The van der Waals surface area contributed by atoms with Gasteiger partial charge in [-0.05, 0) is 275 Å². The van der Waals surface area contributed by atoms with Gasteiger partial charge in [0, 0.05) is 52.5 Å². The van der Waals surface area contributed by atoms with Gasteiger partial charge in [0.2, 0.25) is 0 Å². The van der Waals surface area contributed by atoms with Crippen molar-refractivity contribution < 1.29 is 76.8 Å². The van der Waals surface area contributed by atoms with E-state index >= 15 is 0 Å². The van der Waals surface area contributed by atoms with Crippen molar-refractivity contribution in [3.63, 3.8) is 0 Å². The van der Waals surface area contributed by atoms with Crippen LogP contribution >= 0.6 is 0 Å². The number of carboxylic acid groups (broad SMARTS) is 7. The third kappa shape index (κ3) is 134. The second-order valence-electron chi connectivity index (χ2n) is 48.4. The van der Waals surface area contributed by atoms with E-state index in [9.17, 15) is 33.6 Å². The highest BCUT2D eigenvalue weighted by atomic mass is 16.5. The summed E-state index contributed by atoms with van der Waals surface area (Å²) < 4.78 is 21.4. The lowest BCUT2D eigenvalue weighted by Crippen LogP contribution is -2.34. The maximum atomic E-state index is 11.0. The summed E-state index contributed by atoms with van der Waals surface area (Å²) >= 11 is 0. The standard InChI is InChI=1S/2C20H38.C11H23N.C11H22O2.C10H23N.C10H14O3.C9H18O2.C7H14O2.C6H12O2.2C6H10O2.C5H13N.C4H11N.C4H10/c2*1-4-5-6-7-8-9-10-11-12-13-14-15-16-17-18-19-20(2)3;1-10(2)8-11(9-12)6-4-3-5-7-11;1-5-11(6-2,9(3)4)8-7-10(12)13;1-8(2)5-10(7-11)6-9(3)4;1-5(2)8-6-3-4-7(13-6)9(8)10(11)12;1-7(2)9(3,4)6-5-8(10)11;1-6(2)4-3-5-7(8)9;3*1-5(2)3-4-6(7)8;1-5(2)6(3)4;1-4(2)3-5;1-4(2)3/h2*8-9,11-12,20H,4-7,10,13-19H2,1-3H3;10H,3-9,12H2,1-2H3;9H,5-8H2,1-4H3,(H,12,13);8-10H,5-7,11H2,1-4H3;3-9H,1-2H3,(H,11,12);7H,5-6H2,1-4H3,(H,10,11);6H,3-5H2,1-2H3,(H,8,9);5H,3-4H2,1-2H3,(H,7,8);2*3-5H,1-2H3,(H,7,8);5H,1-4H3;4H,3,5H2,1-2H3;4H,1-3H3/b2*9-8-,12-11-;;;;;;;;4-3+;4-3-;;;/i10D2;;;;;;;;;;;;;. The van der Waals surface area contributed by atoms with Crippen LogP contribution in [-0.2, 0) is 38.3 Å². The third-order valence-corrected chi connectivity index (χ3v) is 26.3. The molecular weight excluding hydrogens is 1850 g/mol. The highest BCUT2D eigenvalue weighted by Crippen LogP contribution is 2.44. The lowest BCUT2D eigenvalue weighted by atomic mass is 9.69. The van der Waals surface area contributed by atoms with E-state index in [0.717, 1.165) is 137 Å². The van der Waals surface area contributed by atoms with Crippen LogP contribution in [0.4, 0.5) is 0 Å². The van der Waals surface area contributed by atoms with Crippen LogP contribution in [-0.4, -0.2) is 134 Å². The number of carboxylic acids is 7. The van der Waals surface area contributed by atoms with Gasteiger partial charge in [-0.3, -0.25) is 24.0 Å². The van der Waals surface area contributed by atoms with Crippen LogP contribution in [0.2, 0.25) is 0 Å². The molecule has 4 atom stereocenters. The molecule has 3 rings (SSSR count). The zero-order valence-electron chi connectivity index (χ0n) is 107. The molecule has 1 saturated carbocycles. The molecule has 0 radical (unpaired) electrons. The van der Waals surface area contributed by atoms with Crippen molar-refractivity contribution >= 4 is 41.8 Å². The van der Waals surface area contributed by atoms with Gasteiger partial charge in [0.25, 0.3) is 0 Å². The molecule has 882 valence electrons. The second-order valence-corrected chi connectivity index (χ2v) is 48.4. The molecule has 3 aliphatic rings. The van der Waals surface area contributed by atoms with Gasteiger partial charge in [-0.1, -0.05) is 444 Å². The molecule has 4 unspecified atom stereocenters. The largest absolute Gasteiger partial charge is 0.481 e. The van der Waals surface area contributed by atoms with Gasteiger partial charge in [-0.25, -0.2) is 9.59 Å². The highest BCUT2D eigenvalue weighted by Gasteiger charge is 2.50. The van der Waals surface area contributed by atoms with Gasteiger partial charge in [0.05, 0.1) is 18.1 Å². The Hall–Kier alpha value is -5.73. The van der Waals surface area contributed by atoms with E-state index in [-0.39, 0.29) is 41.3 Å². The topological polar surface area (TPSA) is 352 Å². The summed E-state index contributed by atoms with van der Waals surface area (Å²) in [6, 6.07) is 0.685. The van der Waals surface area contributed by atoms with Crippen molar-refractivity contribution in [2.45, 2.75) is 550 Å². The predicted octanol–water partition coefficient (Wildman–Crippen LogP) is 36.8. The number of nitrogens with zero attached hydrogens (tertiary/aromatic N) is 1. The van der Waals surface area contributed by atoms with Crippen molar-refractivity contribution in [2.24, 2.45) is 134 Å². The van der Waals surface area contributed by atoms with E-state index in [1.165, 1.54) is 180 Å². The Labute approximate surface area is 921 Å². The number of rotatable bonds is 61. The van der Waals surface area contributed by atoms with E-state index in [1.807, 2.05) is 65.8 Å². The summed E-state index contributed by atoms with van der Waals surface area (Å²) in [5.41, 5.74) is 17.6. The number of hydrogen-bond donors (Lipinski definition) is 10. The third-order valence-electron chi connectivity index (χ3n) is 26.3. The molecular formula is C129H256N4O15. The summed E-state index contributed by atoms with van der Waals surface area (Å²) in [6.07, 6.45) is 73.0. The van der Waals surface area contributed by atoms with Gasteiger partial charge in [0.15, 0.2) is 0 Å². The van der Waals surface area contributed by atoms with Crippen molar-refractivity contribution in [3.05, 3.63) is 85.1 Å². The maximum Gasteiger partial charge on any atom is 0.327 e. The van der Waals surface area contributed by atoms with E-state index in [0.29, 0.717) is 78.1 Å². The smallest absolute Gasteiger partial charge is 0.327 e. The fraction of sp³-hybridized carbons (Fsp3) is 0.837. The number of aliphatic carboxylic acids is 7. The maximum absolute atomic E-state index is 11.0. The average Bonchev–Trinajstić information content (AvgIpc) is 1.62. The van der Waals surface area contributed by atoms with E-state index in [2.05, 4.69) is 258 Å². The van der Waals surface area contributed by atoms with Crippen LogP contribution in [0.25, 0.3) is 0 Å². The van der Waals surface area contributed by atoms with Gasteiger partial charge < -0.3 is 62.6 Å². The number of ether oxygens (including phenoxy) is 1. The van der Waals surface area contributed by atoms with Crippen molar-refractivity contribution in [2.75, 3.05) is 33.7 Å². The van der Waals surface area contributed by atoms with E-state index in [4.69, 9.17) is 60.4 Å². The van der Waals surface area contributed by atoms with Gasteiger partial charge >= 0.3 is 41.8 Å². The zero-order valence-corrected chi connectivity index (χ0v) is 105. The summed E-state index contributed by atoms with van der Waals surface area (Å²) in [6.45, 7) is 82.2. The fourth-order valence-electron chi connectivity index (χ4n) is 15.7. The molecule has 0 aromatic carbocycles. The lowest BCUT2D eigenvalue weighted by Gasteiger charge is -2.37. The number of fused-ring (bicyclic) bond motifs is 2. The first-order valence-electron chi connectivity index (χ1n) is 60.3. The number of allylic oxidation sites excluding steroid dienone is 10. The Morgan fingerprint density at radius 1 is 0.412 bits per heavy atom. The number of nitrogens with two attached hydrogens (primary N) is 3. The Morgan fingerprint density at radius 3 is 1.02 bits per heavy atom. The van der Waals surface area contributed by atoms with E-state index < -0.39 is 48.2 Å². The van der Waals surface area contributed by atoms with Gasteiger partial charge in [0.1, 0.15) is 0 Å². The molecule has 0 aromatic heterocycles. The number of unbranched alkanes of at least 4 members (excludes halogenated alkanes) is 16. The number of carbonyl (C=O) groups is 7. The molecule has 0 aromatic rings.